The topological polar surface area (TPSA) is 38.6 Å². The molecule has 0 fully saturated rings. The first-order valence-electron chi connectivity index (χ1n) is 17.9. The Morgan fingerprint density at radius 1 is 0.358 bits per heavy atom. The maximum absolute atomic E-state index is 9.48. The van der Waals surface area contributed by atoms with E-state index in [4.69, 9.17) is 0 Å². The molecule has 3 heterocycles. The van der Waals surface area contributed by atoms with E-state index in [1.807, 2.05) is 24.3 Å². The lowest BCUT2D eigenvalue weighted by molar-refractivity contribution is 1.17. The van der Waals surface area contributed by atoms with Crippen LogP contribution in [0.5, 0.6) is 0 Å². The summed E-state index contributed by atoms with van der Waals surface area (Å²) in [7, 11) is 0. The van der Waals surface area contributed by atoms with Gasteiger partial charge in [0.25, 0.3) is 0 Å². The maximum atomic E-state index is 9.48. The molecule has 0 bridgehead atoms. The van der Waals surface area contributed by atoms with Gasteiger partial charge in [0, 0.05) is 49.3 Å². The number of para-hydroxylation sites is 5. The van der Waals surface area contributed by atoms with Crippen molar-refractivity contribution in [3.63, 3.8) is 0 Å². The van der Waals surface area contributed by atoms with Gasteiger partial charge in [-0.2, -0.15) is 5.26 Å². The van der Waals surface area contributed by atoms with Crippen LogP contribution < -0.4 is 0 Å². The van der Waals surface area contributed by atoms with Crippen LogP contribution in [-0.2, 0) is 0 Å². The number of aromatic nitrogens is 3. The Morgan fingerprint density at radius 3 is 1.55 bits per heavy atom. The van der Waals surface area contributed by atoms with Gasteiger partial charge in [0.1, 0.15) is 0 Å². The third-order valence-electron chi connectivity index (χ3n) is 10.9. The van der Waals surface area contributed by atoms with Crippen molar-refractivity contribution in [3.8, 4) is 34.3 Å². The van der Waals surface area contributed by atoms with Gasteiger partial charge in [-0.25, -0.2) is 0 Å². The molecule has 0 saturated heterocycles. The van der Waals surface area contributed by atoms with E-state index in [9.17, 15) is 5.26 Å². The van der Waals surface area contributed by atoms with Crippen LogP contribution in [0, 0.1) is 11.3 Å². The molecule has 11 aromatic rings. The Balaban J connectivity index is 1.18. The minimum atomic E-state index is 0.653. The van der Waals surface area contributed by atoms with E-state index in [0.717, 1.165) is 33.6 Å². The lowest BCUT2D eigenvalue weighted by Crippen LogP contribution is -1.97. The summed E-state index contributed by atoms with van der Waals surface area (Å²) >= 11 is 0. The van der Waals surface area contributed by atoms with E-state index in [1.54, 1.807) is 0 Å². The molecule has 0 saturated carbocycles. The standard InChI is InChI=1S/C49H30N4/c50-31-32-22-25-35(26-23-32)52-43-20-10-6-16-38(43)48-46(52)28-29-47-49(48)39-17-7-11-21-44(39)53(47)41-18-8-4-14-36(41)33-24-27-45-40(30-33)37-15-5-9-19-42(37)51(45)34-12-2-1-3-13-34/h1-30H. The normalized spacial score (nSPS) is 11.8. The molecule has 0 amide bonds. The van der Waals surface area contributed by atoms with Crippen molar-refractivity contribution in [1.29, 1.82) is 5.26 Å². The number of hydrogen-bond acceptors (Lipinski definition) is 1. The van der Waals surface area contributed by atoms with Crippen molar-refractivity contribution < 1.29 is 0 Å². The van der Waals surface area contributed by atoms with Gasteiger partial charge in [-0.1, -0.05) is 97.1 Å². The number of nitrogens with zero attached hydrogens (tertiary/aromatic N) is 4. The molecule has 0 radical (unpaired) electrons. The van der Waals surface area contributed by atoms with Gasteiger partial charge in [0.2, 0.25) is 0 Å². The summed E-state index contributed by atoms with van der Waals surface area (Å²) in [6, 6.07) is 67.2. The molecular formula is C49H30N4. The van der Waals surface area contributed by atoms with Crippen LogP contribution in [0.25, 0.3) is 93.6 Å². The number of nitriles is 1. The Hall–Kier alpha value is -7.35. The highest BCUT2D eigenvalue weighted by atomic mass is 15.0. The van der Waals surface area contributed by atoms with E-state index in [1.165, 1.54) is 60.0 Å². The molecule has 0 N–H and O–H groups in total. The fourth-order valence-corrected chi connectivity index (χ4v) is 8.65. The monoisotopic (exact) mass is 674 g/mol. The van der Waals surface area contributed by atoms with Gasteiger partial charge < -0.3 is 13.7 Å². The Kier molecular flexibility index (Phi) is 6.28. The first-order chi connectivity index (χ1) is 26.3. The second-order valence-electron chi connectivity index (χ2n) is 13.7. The molecule has 0 aliphatic carbocycles. The maximum Gasteiger partial charge on any atom is 0.0991 e. The molecule has 4 nitrogen and oxygen atoms in total. The van der Waals surface area contributed by atoms with Gasteiger partial charge in [-0.15, -0.1) is 0 Å². The zero-order valence-electron chi connectivity index (χ0n) is 28.6. The molecule has 246 valence electrons. The van der Waals surface area contributed by atoms with Crippen LogP contribution in [-0.4, -0.2) is 13.7 Å². The summed E-state index contributed by atoms with van der Waals surface area (Å²) in [6.07, 6.45) is 0. The summed E-state index contributed by atoms with van der Waals surface area (Å²) in [5.41, 5.74) is 13.3. The van der Waals surface area contributed by atoms with Gasteiger partial charge in [0.15, 0.2) is 0 Å². The Morgan fingerprint density at radius 2 is 0.849 bits per heavy atom. The minimum absolute atomic E-state index is 0.653. The summed E-state index contributed by atoms with van der Waals surface area (Å²) in [4.78, 5) is 0. The largest absolute Gasteiger partial charge is 0.309 e. The fourth-order valence-electron chi connectivity index (χ4n) is 8.65. The molecule has 0 atom stereocenters. The van der Waals surface area contributed by atoms with Crippen LogP contribution >= 0.6 is 0 Å². The molecule has 0 aliphatic heterocycles. The second kappa shape index (κ2) is 11.3. The zero-order chi connectivity index (χ0) is 35.0. The third-order valence-corrected chi connectivity index (χ3v) is 10.9. The van der Waals surface area contributed by atoms with Gasteiger partial charge in [-0.05, 0) is 90.5 Å². The molecule has 11 rings (SSSR count). The molecule has 0 aliphatic rings. The van der Waals surface area contributed by atoms with Crippen molar-refractivity contribution in [2.45, 2.75) is 0 Å². The average Bonchev–Trinajstić information content (AvgIpc) is 3.86. The Bertz CT molecular complexity index is 3280. The van der Waals surface area contributed by atoms with Crippen molar-refractivity contribution in [3.05, 3.63) is 188 Å². The number of rotatable bonds is 4. The van der Waals surface area contributed by atoms with E-state index >= 15 is 0 Å². The summed E-state index contributed by atoms with van der Waals surface area (Å²) in [6.45, 7) is 0. The Labute approximate surface area is 305 Å². The van der Waals surface area contributed by atoms with Crippen molar-refractivity contribution in [2.75, 3.05) is 0 Å². The summed E-state index contributed by atoms with van der Waals surface area (Å²) in [5.74, 6) is 0. The van der Waals surface area contributed by atoms with Crippen molar-refractivity contribution in [1.82, 2.24) is 13.7 Å². The van der Waals surface area contributed by atoms with Crippen LogP contribution in [0.2, 0.25) is 0 Å². The van der Waals surface area contributed by atoms with Gasteiger partial charge in [-0.3, -0.25) is 0 Å². The van der Waals surface area contributed by atoms with Crippen molar-refractivity contribution >= 4 is 65.4 Å². The van der Waals surface area contributed by atoms with E-state index < -0.39 is 0 Å². The summed E-state index contributed by atoms with van der Waals surface area (Å²) < 4.78 is 7.14. The van der Waals surface area contributed by atoms with Crippen LogP contribution in [0.4, 0.5) is 0 Å². The van der Waals surface area contributed by atoms with E-state index in [-0.39, 0.29) is 0 Å². The predicted octanol–water partition coefficient (Wildman–Crippen LogP) is 12.5. The number of fused-ring (bicyclic) bond motifs is 10. The lowest BCUT2D eigenvalue weighted by atomic mass is 10.0. The highest BCUT2D eigenvalue weighted by Gasteiger charge is 2.22. The van der Waals surface area contributed by atoms with Crippen LogP contribution in [0.3, 0.4) is 0 Å². The SMILES string of the molecule is N#Cc1ccc(-n2c3ccccc3c3c4c5ccccc5n(-c5ccccc5-c5ccc6c(c5)c5ccccc5n6-c5ccccc5)c4ccc32)cc1. The third kappa shape index (κ3) is 4.22. The molecule has 0 spiro atoms. The van der Waals surface area contributed by atoms with Crippen LogP contribution in [0.1, 0.15) is 5.56 Å². The smallest absolute Gasteiger partial charge is 0.0991 e. The lowest BCUT2D eigenvalue weighted by Gasteiger charge is -2.15. The fraction of sp³-hybridized carbons (Fsp3) is 0. The van der Waals surface area contributed by atoms with E-state index in [0.29, 0.717) is 5.56 Å². The number of benzene rings is 8. The average molecular weight is 675 g/mol. The van der Waals surface area contributed by atoms with Crippen molar-refractivity contribution in [2.24, 2.45) is 0 Å². The molecule has 53 heavy (non-hydrogen) atoms. The van der Waals surface area contributed by atoms with Crippen LogP contribution in [0.15, 0.2) is 182 Å². The molecule has 0 unspecified atom stereocenters. The highest BCUT2D eigenvalue weighted by Crippen LogP contribution is 2.44. The van der Waals surface area contributed by atoms with Gasteiger partial charge in [0.05, 0.1) is 50.4 Å². The molecule has 4 heteroatoms. The first kappa shape index (κ1) is 29.4. The molecule has 8 aromatic carbocycles. The quantitative estimate of drug-likeness (QED) is 0.183. The highest BCUT2D eigenvalue weighted by molar-refractivity contribution is 6.29. The molecular weight excluding hydrogens is 645 g/mol. The molecule has 3 aromatic heterocycles. The summed E-state index contributed by atoms with van der Waals surface area (Å²) in [5, 5.41) is 16.8. The second-order valence-corrected chi connectivity index (χ2v) is 13.7. The minimum Gasteiger partial charge on any atom is -0.309 e. The van der Waals surface area contributed by atoms with E-state index in [2.05, 4.69) is 177 Å². The predicted molar refractivity (Wildman–Crippen MR) is 220 cm³/mol. The number of hydrogen-bond donors (Lipinski definition) is 0. The first-order valence-corrected chi connectivity index (χ1v) is 17.9. The zero-order valence-corrected chi connectivity index (χ0v) is 28.6. The van der Waals surface area contributed by atoms with Gasteiger partial charge >= 0.3 is 0 Å².